The molecule has 4 rings (SSSR count). The predicted octanol–water partition coefficient (Wildman–Crippen LogP) is 5.04. The number of hydrogen-bond donors (Lipinski definition) is 0. The van der Waals surface area contributed by atoms with E-state index in [1.807, 2.05) is 25.1 Å². The molecule has 2 aromatic rings. The van der Waals surface area contributed by atoms with E-state index in [4.69, 9.17) is 9.72 Å². The summed E-state index contributed by atoms with van der Waals surface area (Å²) in [4.78, 5) is 20.6. The van der Waals surface area contributed by atoms with Crippen molar-refractivity contribution in [2.45, 2.75) is 52.4 Å². The molecule has 1 aromatic carbocycles. The van der Waals surface area contributed by atoms with Crippen LogP contribution in [0.4, 0.5) is 5.82 Å². The number of benzene rings is 1. The molecule has 1 saturated heterocycles. The summed E-state index contributed by atoms with van der Waals surface area (Å²) in [6.07, 6.45) is 6.67. The summed E-state index contributed by atoms with van der Waals surface area (Å²) in [5.74, 6) is 1.20. The van der Waals surface area contributed by atoms with Crippen LogP contribution in [0.3, 0.4) is 0 Å². The van der Waals surface area contributed by atoms with Crippen molar-refractivity contribution < 1.29 is 9.53 Å². The van der Waals surface area contributed by atoms with Crippen molar-refractivity contribution in [3.05, 3.63) is 47.2 Å². The average molecular weight is 379 g/mol. The zero-order valence-electron chi connectivity index (χ0n) is 17.0. The number of fused-ring (bicyclic) bond motifs is 1. The van der Waals surface area contributed by atoms with Crippen LogP contribution < -0.4 is 4.90 Å². The molecule has 1 aromatic heterocycles. The first kappa shape index (κ1) is 19.0. The first-order valence-electron chi connectivity index (χ1n) is 10.7. The van der Waals surface area contributed by atoms with Crippen molar-refractivity contribution in [3.8, 4) is 11.1 Å². The van der Waals surface area contributed by atoms with Gasteiger partial charge in [-0.15, -0.1) is 0 Å². The molecule has 1 aliphatic heterocycles. The van der Waals surface area contributed by atoms with Gasteiger partial charge in [-0.25, -0.2) is 9.78 Å². The number of aromatic nitrogens is 1. The van der Waals surface area contributed by atoms with E-state index in [9.17, 15) is 4.79 Å². The zero-order valence-corrected chi connectivity index (χ0v) is 17.0. The van der Waals surface area contributed by atoms with Crippen molar-refractivity contribution in [1.82, 2.24) is 4.98 Å². The Labute approximate surface area is 167 Å². The molecule has 0 N–H and O–H groups in total. The Hall–Kier alpha value is -2.36. The van der Waals surface area contributed by atoms with Gasteiger partial charge in [-0.2, -0.15) is 0 Å². The quantitative estimate of drug-likeness (QED) is 0.699. The fraction of sp³-hybridized carbons (Fsp3) is 0.500. The van der Waals surface area contributed by atoms with Crippen LogP contribution in [-0.2, 0) is 17.6 Å². The molecule has 1 aliphatic carbocycles. The van der Waals surface area contributed by atoms with Crippen LogP contribution >= 0.6 is 0 Å². The first-order chi connectivity index (χ1) is 13.7. The van der Waals surface area contributed by atoms with Crippen LogP contribution in [0.25, 0.3) is 11.1 Å². The number of anilines is 1. The molecule has 4 nitrogen and oxygen atoms in total. The number of esters is 1. The zero-order chi connectivity index (χ0) is 19.5. The second kappa shape index (κ2) is 8.34. The van der Waals surface area contributed by atoms with Crippen molar-refractivity contribution in [3.63, 3.8) is 0 Å². The standard InChI is InChI=1S/C24H30N2O2/c1-3-28-24(27)22-21(18-10-6-4-7-11-18)19-16-17(2)12-13-20(19)25-23(22)26-14-8-5-9-15-26/h4,6-7,10-11,17H,3,5,8-9,12-16H2,1-2H3. The third-order valence-electron chi connectivity index (χ3n) is 5.99. The van der Waals surface area contributed by atoms with Crippen molar-refractivity contribution in [1.29, 1.82) is 0 Å². The molecule has 0 amide bonds. The number of nitrogens with zero attached hydrogens (tertiary/aromatic N) is 2. The Kier molecular flexibility index (Phi) is 5.65. The average Bonchev–Trinajstić information content (AvgIpc) is 2.74. The van der Waals surface area contributed by atoms with Gasteiger partial charge in [-0.05, 0) is 62.5 Å². The van der Waals surface area contributed by atoms with Gasteiger partial charge in [-0.3, -0.25) is 0 Å². The van der Waals surface area contributed by atoms with E-state index >= 15 is 0 Å². The fourth-order valence-electron chi connectivity index (χ4n) is 4.57. The van der Waals surface area contributed by atoms with Gasteiger partial charge in [-0.1, -0.05) is 37.3 Å². The van der Waals surface area contributed by atoms with Crippen molar-refractivity contribution in [2.75, 3.05) is 24.6 Å². The highest BCUT2D eigenvalue weighted by Crippen LogP contribution is 2.40. The second-order valence-electron chi connectivity index (χ2n) is 8.09. The number of aryl methyl sites for hydroxylation is 1. The van der Waals surface area contributed by atoms with E-state index in [0.29, 0.717) is 18.1 Å². The molecule has 0 saturated carbocycles. The Bertz CT molecular complexity index is 841. The van der Waals surface area contributed by atoms with E-state index in [1.54, 1.807) is 0 Å². The SMILES string of the molecule is CCOC(=O)c1c(N2CCCCC2)nc2c(c1-c1ccccc1)CC(C)CC2. The highest BCUT2D eigenvalue weighted by atomic mass is 16.5. The smallest absolute Gasteiger partial charge is 0.342 e. The molecule has 0 bridgehead atoms. The van der Waals surface area contributed by atoms with Crippen LogP contribution in [0.2, 0.25) is 0 Å². The molecule has 0 radical (unpaired) electrons. The lowest BCUT2D eigenvalue weighted by Gasteiger charge is -2.33. The fourth-order valence-corrected chi connectivity index (χ4v) is 4.57. The summed E-state index contributed by atoms with van der Waals surface area (Å²) < 4.78 is 5.53. The first-order valence-corrected chi connectivity index (χ1v) is 10.7. The lowest BCUT2D eigenvalue weighted by Crippen LogP contribution is -2.33. The summed E-state index contributed by atoms with van der Waals surface area (Å²) in [6.45, 7) is 6.46. The predicted molar refractivity (Wildman–Crippen MR) is 113 cm³/mol. The van der Waals surface area contributed by atoms with E-state index in [1.165, 1.54) is 17.7 Å². The Morgan fingerprint density at radius 3 is 2.64 bits per heavy atom. The minimum absolute atomic E-state index is 0.240. The Morgan fingerprint density at radius 2 is 1.93 bits per heavy atom. The maximum Gasteiger partial charge on any atom is 0.342 e. The molecule has 1 atom stereocenters. The molecule has 28 heavy (non-hydrogen) atoms. The van der Waals surface area contributed by atoms with Gasteiger partial charge in [0.2, 0.25) is 0 Å². The van der Waals surface area contributed by atoms with Gasteiger partial charge in [0.1, 0.15) is 11.4 Å². The molecule has 2 aliphatic rings. The van der Waals surface area contributed by atoms with Crippen LogP contribution in [0.5, 0.6) is 0 Å². The molecular formula is C24H30N2O2. The van der Waals surface area contributed by atoms with Gasteiger partial charge >= 0.3 is 5.97 Å². The summed E-state index contributed by atoms with van der Waals surface area (Å²) in [7, 11) is 0. The third-order valence-corrected chi connectivity index (χ3v) is 5.99. The molecule has 148 valence electrons. The topological polar surface area (TPSA) is 42.4 Å². The maximum atomic E-state index is 13.2. The normalized spacial score (nSPS) is 19.2. The largest absolute Gasteiger partial charge is 0.462 e. The molecule has 1 unspecified atom stereocenters. The highest BCUT2D eigenvalue weighted by molar-refractivity contribution is 6.03. The van der Waals surface area contributed by atoms with Crippen LogP contribution in [0, 0.1) is 5.92 Å². The highest BCUT2D eigenvalue weighted by Gasteiger charge is 2.31. The minimum atomic E-state index is -0.240. The molecule has 0 spiro atoms. The summed E-state index contributed by atoms with van der Waals surface area (Å²) in [6, 6.07) is 10.3. The summed E-state index contributed by atoms with van der Waals surface area (Å²) in [5, 5.41) is 0. The van der Waals surface area contributed by atoms with Crippen LogP contribution in [-0.4, -0.2) is 30.6 Å². The summed E-state index contributed by atoms with van der Waals surface area (Å²) in [5.41, 5.74) is 5.23. The van der Waals surface area contributed by atoms with Gasteiger partial charge in [0, 0.05) is 24.3 Å². The summed E-state index contributed by atoms with van der Waals surface area (Å²) >= 11 is 0. The van der Waals surface area contributed by atoms with Gasteiger partial charge < -0.3 is 9.64 Å². The number of rotatable bonds is 4. The minimum Gasteiger partial charge on any atom is -0.462 e. The van der Waals surface area contributed by atoms with Crippen molar-refractivity contribution >= 4 is 11.8 Å². The van der Waals surface area contributed by atoms with Crippen molar-refractivity contribution in [2.24, 2.45) is 5.92 Å². The number of ether oxygens (including phenoxy) is 1. The molecule has 2 heterocycles. The Balaban J connectivity index is 1.97. The lowest BCUT2D eigenvalue weighted by atomic mass is 9.81. The van der Waals surface area contributed by atoms with Gasteiger partial charge in [0.15, 0.2) is 0 Å². The molecular weight excluding hydrogens is 348 g/mol. The van der Waals surface area contributed by atoms with Gasteiger partial charge in [0.05, 0.1) is 6.61 Å². The number of pyridine rings is 1. The number of hydrogen-bond acceptors (Lipinski definition) is 4. The second-order valence-corrected chi connectivity index (χ2v) is 8.09. The maximum absolute atomic E-state index is 13.2. The van der Waals surface area contributed by atoms with E-state index in [-0.39, 0.29) is 5.97 Å². The Morgan fingerprint density at radius 1 is 1.18 bits per heavy atom. The monoisotopic (exact) mass is 378 g/mol. The lowest BCUT2D eigenvalue weighted by molar-refractivity contribution is 0.0527. The number of carbonyl (C=O) groups is 1. The van der Waals surface area contributed by atoms with Gasteiger partial charge in [0.25, 0.3) is 0 Å². The van der Waals surface area contributed by atoms with E-state index < -0.39 is 0 Å². The third kappa shape index (κ3) is 3.65. The van der Waals surface area contributed by atoms with Crippen LogP contribution in [0.15, 0.2) is 30.3 Å². The molecule has 1 fully saturated rings. The number of carbonyl (C=O) groups excluding carboxylic acids is 1. The molecule has 4 heteroatoms. The van der Waals surface area contributed by atoms with E-state index in [0.717, 1.165) is 62.1 Å². The number of piperidine rings is 1. The van der Waals surface area contributed by atoms with Crippen LogP contribution in [0.1, 0.15) is 61.1 Å². The van der Waals surface area contributed by atoms with E-state index in [2.05, 4.69) is 24.0 Å².